The van der Waals surface area contributed by atoms with Crippen molar-refractivity contribution in [2.75, 3.05) is 0 Å². The number of aromatic amines is 1. The van der Waals surface area contributed by atoms with E-state index in [2.05, 4.69) is 30.7 Å². The van der Waals surface area contributed by atoms with Crippen molar-refractivity contribution < 1.29 is 0 Å². The van der Waals surface area contributed by atoms with Crippen LogP contribution in [0.2, 0.25) is 0 Å². The second-order valence-corrected chi connectivity index (χ2v) is 2.46. The highest BCUT2D eigenvalue weighted by molar-refractivity contribution is 5.12. The van der Waals surface area contributed by atoms with Gasteiger partial charge in [-0.2, -0.15) is 0 Å². The van der Waals surface area contributed by atoms with Crippen molar-refractivity contribution in [3.63, 3.8) is 0 Å². The first kappa shape index (κ1) is 7.32. The molecule has 1 aromatic rings. The summed E-state index contributed by atoms with van der Waals surface area (Å²) in [6, 6.07) is 0. The SMILES string of the molecule is CCc1nc(CC)c(C)[nH]1. The minimum atomic E-state index is 1.00. The highest BCUT2D eigenvalue weighted by Gasteiger charge is 2.00. The Bertz CT molecular complexity index is 213. The van der Waals surface area contributed by atoms with E-state index in [1.807, 2.05) is 0 Å². The molecule has 0 unspecified atom stereocenters. The fourth-order valence-corrected chi connectivity index (χ4v) is 1.07. The molecule has 1 heterocycles. The Balaban J connectivity index is 2.92. The second kappa shape index (κ2) is 2.86. The summed E-state index contributed by atoms with van der Waals surface area (Å²) in [4.78, 5) is 7.63. The molecule has 2 nitrogen and oxygen atoms in total. The zero-order valence-corrected chi connectivity index (χ0v) is 6.86. The predicted octanol–water partition coefficient (Wildman–Crippen LogP) is 1.84. The molecular formula is C8H14N2. The van der Waals surface area contributed by atoms with Crippen molar-refractivity contribution in [3.8, 4) is 0 Å². The van der Waals surface area contributed by atoms with Crippen LogP contribution >= 0.6 is 0 Å². The number of nitrogens with one attached hydrogen (secondary N) is 1. The smallest absolute Gasteiger partial charge is 0.106 e. The number of nitrogens with zero attached hydrogens (tertiary/aromatic N) is 1. The first-order valence-electron chi connectivity index (χ1n) is 3.82. The van der Waals surface area contributed by atoms with E-state index in [1.165, 1.54) is 11.4 Å². The molecular weight excluding hydrogens is 124 g/mol. The average Bonchev–Trinajstić information content (AvgIpc) is 2.30. The quantitative estimate of drug-likeness (QED) is 0.663. The van der Waals surface area contributed by atoms with E-state index in [1.54, 1.807) is 0 Å². The molecule has 0 aliphatic carbocycles. The van der Waals surface area contributed by atoms with Crippen LogP contribution in [0.5, 0.6) is 0 Å². The van der Waals surface area contributed by atoms with Crippen molar-refractivity contribution in [3.05, 3.63) is 17.2 Å². The van der Waals surface area contributed by atoms with Crippen LogP contribution in [-0.2, 0) is 12.8 Å². The molecule has 0 saturated heterocycles. The van der Waals surface area contributed by atoms with Crippen molar-refractivity contribution in [2.45, 2.75) is 33.6 Å². The number of aromatic nitrogens is 2. The highest BCUT2D eigenvalue weighted by Crippen LogP contribution is 2.05. The zero-order valence-electron chi connectivity index (χ0n) is 6.86. The summed E-state index contributed by atoms with van der Waals surface area (Å²) in [7, 11) is 0. The van der Waals surface area contributed by atoms with Crippen LogP contribution in [0.25, 0.3) is 0 Å². The fourth-order valence-electron chi connectivity index (χ4n) is 1.07. The summed E-state index contributed by atoms with van der Waals surface area (Å²) in [5.41, 5.74) is 2.43. The number of H-pyrrole nitrogens is 1. The van der Waals surface area contributed by atoms with Crippen molar-refractivity contribution in [1.82, 2.24) is 9.97 Å². The maximum atomic E-state index is 4.39. The Morgan fingerprint density at radius 1 is 1.30 bits per heavy atom. The number of imidazole rings is 1. The maximum Gasteiger partial charge on any atom is 0.106 e. The molecule has 56 valence electrons. The molecule has 0 fully saturated rings. The summed E-state index contributed by atoms with van der Waals surface area (Å²) in [5.74, 6) is 1.11. The molecule has 1 N–H and O–H groups in total. The normalized spacial score (nSPS) is 10.3. The lowest BCUT2D eigenvalue weighted by atomic mass is 10.3. The van der Waals surface area contributed by atoms with Gasteiger partial charge in [0.1, 0.15) is 5.82 Å². The zero-order chi connectivity index (χ0) is 7.56. The van der Waals surface area contributed by atoms with Gasteiger partial charge in [0.2, 0.25) is 0 Å². The summed E-state index contributed by atoms with van der Waals surface area (Å²) in [6.07, 6.45) is 2.03. The van der Waals surface area contributed by atoms with Crippen LogP contribution in [0.4, 0.5) is 0 Å². The molecule has 10 heavy (non-hydrogen) atoms. The second-order valence-electron chi connectivity index (χ2n) is 2.46. The Hall–Kier alpha value is -0.790. The molecule has 1 aromatic heterocycles. The molecule has 0 spiro atoms. The summed E-state index contributed by atoms with van der Waals surface area (Å²) in [5, 5.41) is 0. The van der Waals surface area contributed by atoms with Gasteiger partial charge in [-0.15, -0.1) is 0 Å². The molecule has 0 aromatic carbocycles. The first-order valence-corrected chi connectivity index (χ1v) is 3.82. The number of rotatable bonds is 2. The summed E-state index contributed by atoms with van der Waals surface area (Å²) >= 11 is 0. The van der Waals surface area contributed by atoms with Crippen LogP contribution in [0, 0.1) is 6.92 Å². The number of hydrogen-bond acceptors (Lipinski definition) is 1. The van der Waals surface area contributed by atoms with Crippen LogP contribution < -0.4 is 0 Å². The van der Waals surface area contributed by atoms with Gasteiger partial charge in [-0.1, -0.05) is 13.8 Å². The monoisotopic (exact) mass is 138 g/mol. The predicted molar refractivity (Wildman–Crippen MR) is 42.1 cm³/mol. The van der Waals surface area contributed by atoms with Gasteiger partial charge >= 0.3 is 0 Å². The van der Waals surface area contributed by atoms with Crippen LogP contribution in [0.1, 0.15) is 31.1 Å². The van der Waals surface area contributed by atoms with E-state index in [4.69, 9.17) is 0 Å². The van der Waals surface area contributed by atoms with E-state index in [0.29, 0.717) is 0 Å². The molecule has 0 bridgehead atoms. The maximum absolute atomic E-state index is 4.39. The lowest BCUT2D eigenvalue weighted by Crippen LogP contribution is -1.83. The van der Waals surface area contributed by atoms with Crippen molar-refractivity contribution >= 4 is 0 Å². The van der Waals surface area contributed by atoms with Gasteiger partial charge in [-0.25, -0.2) is 4.98 Å². The van der Waals surface area contributed by atoms with E-state index in [-0.39, 0.29) is 0 Å². The number of hydrogen-bond donors (Lipinski definition) is 1. The average molecular weight is 138 g/mol. The minimum absolute atomic E-state index is 1.00. The molecule has 1 rings (SSSR count). The molecule has 0 amide bonds. The van der Waals surface area contributed by atoms with Crippen LogP contribution in [0.15, 0.2) is 0 Å². The molecule has 2 heteroatoms. The first-order chi connectivity index (χ1) is 4.77. The third-order valence-corrected chi connectivity index (χ3v) is 1.70. The Kier molecular flexibility index (Phi) is 2.10. The molecule has 0 atom stereocenters. The third-order valence-electron chi connectivity index (χ3n) is 1.70. The topological polar surface area (TPSA) is 28.7 Å². The van der Waals surface area contributed by atoms with Gasteiger partial charge in [0, 0.05) is 12.1 Å². The Morgan fingerprint density at radius 2 is 2.00 bits per heavy atom. The van der Waals surface area contributed by atoms with E-state index < -0.39 is 0 Å². The van der Waals surface area contributed by atoms with Gasteiger partial charge < -0.3 is 4.98 Å². The van der Waals surface area contributed by atoms with Crippen molar-refractivity contribution in [1.29, 1.82) is 0 Å². The standard InChI is InChI=1S/C8H14N2/c1-4-7-6(3)9-8(5-2)10-7/h4-5H2,1-3H3,(H,9,10). The van der Waals surface area contributed by atoms with Crippen LogP contribution in [0.3, 0.4) is 0 Å². The van der Waals surface area contributed by atoms with Gasteiger partial charge in [-0.05, 0) is 13.3 Å². The molecule has 0 aliphatic rings. The van der Waals surface area contributed by atoms with E-state index >= 15 is 0 Å². The lowest BCUT2D eigenvalue weighted by molar-refractivity contribution is 0.962. The summed E-state index contributed by atoms with van der Waals surface area (Å²) in [6.45, 7) is 6.31. The van der Waals surface area contributed by atoms with Gasteiger partial charge in [-0.3, -0.25) is 0 Å². The van der Waals surface area contributed by atoms with Gasteiger partial charge in [0.15, 0.2) is 0 Å². The number of aryl methyl sites for hydroxylation is 3. The minimum Gasteiger partial charge on any atom is -0.346 e. The molecule has 0 aliphatic heterocycles. The van der Waals surface area contributed by atoms with Gasteiger partial charge in [0.25, 0.3) is 0 Å². The van der Waals surface area contributed by atoms with E-state index in [0.717, 1.165) is 18.7 Å². The van der Waals surface area contributed by atoms with Crippen LogP contribution in [-0.4, -0.2) is 9.97 Å². The summed E-state index contributed by atoms with van der Waals surface area (Å²) < 4.78 is 0. The Morgan fingerprint density at radius 3 is 2.30 bits per heavy atom. The molecule has 0 saturated carbocycles. The largest absolute Gasteiger partial charge is 0.346 e. The third kappa shape index (κ3) is 1.20. The van der Waals surface area contributed by atoms with Crippen molar-refractivity contribution in [2.24, 2.45) is 0 Å². The molecule has 0 radical (unpaired) electrons. The highest BCUT2D eigenvalue weighted by atomic mass is 14.9. The lowest BCUT2D eigenvalue weighted by Gasteiger charge is -1.86. The Labute approximate surface area is 61.7 Å². The van der Waals surface area contributed by atoms with E-state index in [9.17, 15) is 0 Å². The van der Waals surface area contributed by atoms with Gasteiger partial charge in [0.05, 0.1) is 5.69 Å². The fraction of sp³-hybridized carbons (Fsp3) is 0.625.